The van der Waals surface area contributed by atoms with Crippen molar-refractivity contribution in [1.82, 2.24) is 20.1 Å². The standard InChI is InChI=1S/C31H31F3N6O3S/c1-3-22-6-4-5-7-26(22)40-27(41)18-44-30(40)37-29(42)36-20(2)8-9-21-10-12-23(13-11-21)28-35-19-39(38-28)24-14-16-25(17-15-24)43-31(32,33)34/h4-7,10-17,19-20,27,41H,3,8-9,18H2,1-2H3,(H,36,42). The van der Waals surface area contributed by atoms with Gasteiger partial charge in [0, 0.05) is 23.0 Å². The molecule has 9 nitrogen and oxygen atoms in total. The van der Waals surface area contributed by atoms with Crippen LogP contribution in [0.25, 0.3) is 17.1 Å². The number of hydrogen-bond donors (Lipinski definition) is 2. The van der Waals surface area contributed by atoms with Crippen molar-refractivity contribution in [3.05, 3.63) is 90.3 Å². The second kappa shape index (κ2) is 13.5. The molecule has 2 unspecified atom stereocenters. The van der Waals surface area contributed by atoms with Crippen LogP contribution in [0, 0.1) is 0 Å². The molecule has 2 N–H and O–H groups in total. The molecule has 0 bridgehead atoms. The fourth-order valence-electron chi connectivity index (χ4n) is 4.74. The molecule has 230 valence electrons. The Morgan fingerprint density at radius 3 is 2.57 bits per heavy atom. The van der Waals surface area contributed by atoms with Gasteiger partial charge < -0.3 is 15.2 Å². The van der Waals surface area contributed by atoms with Crippen LogP contribution in [-0.4, -0.2) is 55.5 Å². The number of halogens is 3. The van der Waals surface area contributed by atoms with Crippen molar-refractivity contribution in [3.8, 4) is 22.8 Å². The van der Waals surface area contributed by atoms with Gasteiger partial charge in [-0.1, -0.05) is 61.2 Å². The first-order valence-corrected chi connectivity index (χ1v) is 15.0. The third-order valence-electron chi connectivity index (χ3n) is 6.97. The molecule has 5 rings (SSSR count). The summed E-state index contributed by atoms with van der Waals surface area (Å²) in [5.74, 6) is 0.587. The highest BCUT2D eigenvalue weighted by Gasteiger charge is 2.32. The maximum absolute atomic E-state index is 12.7. The molecule has 1 saturated heterocycles. The minimum atomic E-state index is -4.75. The van der Waals surface area contributed by atoms with Crippen LogP contribution >= 0.6 is 11.8 Å². The van der Waals surface area contributed by atoms with E-state index in [1.54, 1.807) is 4.90 Å². The van der Waals surface area contributed by atoms with E-state index in [0.717, 1.165) is 35.2 Å². The molecule has 0 radical (unpaired) electrons. The van der Waals surface area contributed by atoms with Gasteiger partial charge >= 0.3 is 12.4 Å². The predicted octanol–water partition coefficient (Wildman–Crippen LogP) is 6.35. The van der Waals surface area contributed by atoms with Gasteiger partial charge in [-0.2, -0.15) is 4.99 Å². The minimum Gasteiger partial charge on any atom is -0.406 e. The van der Waals surface area contributed by atoms with E-state index in [1.807, 2.05) is 62.4 Å². The molecule has 2 heterocycles. The van der Waals surface area contributed by atoms with Crippen molar-refractivity contribution in [3.63, 3.8) is 0 Å². The minimum absolute atomic E-state index is 0.135. The quantitative estimate of drug-likeness (QED) is 0.224. The third-order valence-corrected chi connectivity index (χ3v) is 7.98. The van der Waals surface area contributed by atoms with Crippen molar-refractivity contribution >= 4 is 28.6 Å². The number of para-hydroxylation sites is 1. The lowest BCUT2D eigenvalue weighted by Gasteiger charge is -2.24. The summed E-state index contributed by atoms with van der Waals surface area (Å²) in [5.41, 5.74) is 4.31. The maximum atomic E-state index is 12.7. The van der Waals surface area contributed by atoms with E-state index in [1.165, 1.54) is 47.0 Å². The lowest BCUT2D eigenvalue weighted by Crippen LogP contribution is -2.36. The maximum Gasteiger partial charge on any atom is 0.573 e. The molecule has 1 fully saturated rings. The highest BCUT2D eigenvalue weighted by atomic mass is 32.2. The van der Waals surface area contributed by atoms with Crippen LogP contribution < -0.4 is 15.0 Å². The molecule has 13 heteroatoms. The molecular weight excluding hydrogens is 593 g/mol. The van der Waals surface area contributed by atoms with Crippen LogP contribution in [0.2, 0.25) is 0 Å². The summed E-state index contributed by atoms with van der Waals surface area (Å²) in [6.07, 6.45) is -1.81. The number of benzene rings is 3. The Hall–Kier alpha value is -4.36. The number of aliphatic hydroxyl groups is 1. The van der Waals surface area contributed by atoms with Crippen molar-refractivity contribution in [2.24, 2.45) is 4.99 Å². The van der Waals surface area contributed by atoms with E-state index in [0.29, 0.717) is 28.9 Å². The van der Waals surface area contributed by atoms with E-state index < -0.39 is 18.6 Å². The molecule has 4 aromatic rings. The Morgan fingerprint density at radius 1 is 1.14 bits per heavy atom. The fraction of sp³-hybridized carbons (Fsp3) is 0.290. The summed E-state index contributed by atoms with van der Waals surface area (Å²) in [4.78, 5) is 23.1. The van der Waals surface area contributed by atoms with Crippen molar-refractivity contribution in [1.29, 1.82) is 0 Å². The molecule has 2 atom stereocenters. The summed E-state index contributed by atoms with van der Waals surface area (Å²) in [6, 6.07) is 20.3. The first-order valence-electron chi connectivity index (χ1n) is 14.0. The van der Waals surface area contributed by atoms with E-state index in [2.05, 4.69) is 25.1 Å². The average molecular weight is 625 g/mol. The summed E-state index contributed by atoms with van der Waals surface area (Å²) in [7, 11) is 0. The zero-order valence-electron chi connectivity index (χ0n) is 24.0. The highest BCUT2D eigenvalue weighted by Crippen LogP contribution is 2.32. The Bertz CT molecular complexity index is 1610. The molecule has 44 heavy (non-hydrogen) atoms. The monoisotopic (exact) mass is 624 g/mol. The van der Waals surface area contributed by atoms with Crippen molar-refractivity contribution in [2.45, 2.75) is 51.7 Å². The van der Waals surface area contributed by atoms with E-state index in [-0.39, 0.29) is 11.8 Å². The zero-order valence-corrected chi connectivity index (χ0v) is 24.8. The number of alkyl halides is 3. The number of urea groups is 1. The topological polar surface area (TPSA) is 105 Å². The van der Waals surface area contributed by atoms with E-state index in [9.17, 15) is 23.1 Å². The van der Waals surface area contributed by atoms with E-state index in [4.69, 9.17) is 0 Å². The zero-order chi connectivity index (χ0) is 31.3. The lowest BCUT2D eigenvalue weighted by atomic mass is 10.0. The number of nitrogens with zero attached hydrogens (tertiary/aromatic N) is 5. The number of hydrogen-bond acceptors (Lipinski definition) is 6. The van der Waals surface area contributed by atoms with Gasteiger partial charge in [0.25, 0.3) is 0 Å². The molecule has 2 amide bonds. The van der Waals surface area contributed by atoms with Gasteiger partial charge in [0.1, 0.15) is 18.3 Å². The number of aromatic nitrogens is 3. The van der Waals surface area contributed by atoms with Gasteiger partial charge in [-0.15, -0.1) is 18.3 Å². The molecule has 1 aromatic heterocycles. The van der Waals surface area contributed by atoms with Gasteiger partial charge in [0.2, 0.25) is 0 Å². The number of amidine groups is 1. The predicted molar refractivity (Wildman–Crippen MR) is 164 cm³/mol. The van der Waals surface area contributed by atoms with Crippen LogP contribution in [0.4, 0.5) is 23.7 Å². The second-order valence-electron chi connectivity index (χ2n) is 10.2. The van der Waals surface area contributed by atoms with Crippen molar-refractivity contribution < 1.29 is 27.8 Å². The van der Waals surface area contributed by atoms with Gasteiger partial charge in [0.15, 0.2) is 11.0 Å². The molecular formula is C31H31F3N6O3S. The number of rotatable bonds is 9. The van der Waals surface area contributed by atoms with Crippen LogP contribution in [0.5, 0.6) is 5.75 Å². The van der Waals surface area contributed by atoms with Gasteiger partial charge in [-0.05, 0) is 67.6 Å². The number of amides is 2. The number of carbonyl (C=O) groups is 1. The largest absolute Gasteiger partial charge is 0.573 e. The molecule has 0 saturated carbocycles. The summed E-state index contributed by atoms with van der Waals surface area (Å²) in [5, 5.41) is 18.4. The summed E-state index contributed by atoms with van der Waals surface area (Å²) >= 11 is 1.35. The Kier molecular flexibility index (Phi) is 9.55. The van der Waals surface area contributed by atoms with E-state index >= 15 is 0 Å². The first kappa shape index (κ1) is 31.1. The smallest absolute Gasteiger partial charge is 0.406 e. The second-order valence-corrected chi connectivity index (χ2v) is 11.2. The van der Waals surface area contributed by atoms with Crippen LogP contribution in [0.1, 0.15) is 31.4 Å². The number of ether oxygens (including phenoxy) is 1. The Balaban J connectivity index is 1.14. The first-order chi connectivity index (χ1) is 21.1. The molecule has 0 aliphatic carbocycles. The van der Waals surface area contributed by atoms with Gasteiger partial charge in [0.05, 0.1) is 5.69 Å². The Morgan fingerprint density at radius 2 is 1.86 bits per heavy atom. The summed E-state index contributed by atoms with van der Waals surface area (Å²) in [6.45, 7) is 3.97. The number of aryl methyl sites for hydroxylation is 2. The van der Waals surface area contributed by atoms with Crippen LogP contribution in [-0.2, 0) is 12.8 Å². The number of aliphatic hydroxyl groups excluding tert-OH is 1. The van der Waals surface area contributed by atoms with Crippen LogP contribution in [0.3, 0.4) is 0 Å². The van der Waals surface area contributed by atoms with Crippen molar-refractivity contribution in [2.75, 3.05) is 10.7 Å². The number of thioether (sulfide) groups is 1. The average Bonchev–Trinajstić information content (AvgIpc) is 3.63. The normalized spacial score (nSPS) is 16.7. The Labute approximate surface area is 256 Å². The molecule has 1 aliphatic heterocycles. The number of aliphatic imine (C=N–C) groups is 1. The number of anilines is 1. The lowest BCUT2D eigenvalue weighted by molar-refractivity contribution is -0.274. The summed E-state index contributed by atoms with van der Waals surface area (Å²) < 4.78 is 42.6. The van der Waals surface area contributed by atoms with Crippen LogP contribution in [0.15, 0.2) is 84.1 Å². The van der Waals surface area contributed by atoms with Gasteiger partial charge in [-0.3, -0.25) is 4.90 Å². The van der Waals surface area contributed by atoms with Gasteiger partial charge in [-0.25, -0.2) is 14.5 Å². The third kappa shape index (κ3) is 7.77. The molecule has 3 aromatic carbocycles. The molecule has 0 spiro atoms. The number of carbonyl (C=O) groups excluding carboxylic acids is 1. The SMILES string of the molecule is CCc1ccccc1N1C(=NC(=O)NC(C)CCc2ccc(-c3ncn(-c4ccc(OC(F)(F)F)cc4)n3)cc2)SCC1O. The molecule has 1 aliphatic rings. The number of nitrogens with one attached hydrogen (secondary N) is 1. The highest BCUT2D eigenvalue weighted by molar-refractivity contribution is 8.14. The fourth-order valence-corrected chi connectivity index (χ4v) is 5.69.